The van der Waals surface area contributed by atoms with Crippen LogP contribution in [0.1, 0.15) is 30.6 Å². The molecule has 0 atom stereocenters. The first-order valence-electron chi connectivity index (χ1n) is 4.60. The van der Waals surface area contributed by atoms with Crippen molar-refractivity contribution in [3.8, 4) is 5.75 Å². The van der Waals surface area contributed by atoms with Crippen molar-refractivity contribution in [3.05, 3.63) is 29.3 Å². The van der Waals surface area contributed by atoms with Gasteiger partial charge in [-0.15, -0.1) is 0 Å². The van der Waals surface area contributed by atoms with E-state index >= 15 is 0 Å². The van der Waals surface area contributed by atoms with E-state index in [-0.39, 0.29) is 23.5 Å². The minimum Gasteiger partial charge on any atom is -0.486 e. The lowest BCUT2D eigenvalue weighted by Gasteiger charge is -2.31. The number of hydrogen-bond donors (Lipinski definition) is 0. The van der Waals surface area contributed by atoms with E-state index in [4.69, 9.17) is 4.74 Å². The summed E-state index contributed by atoms with van der Waals surface area (Å²) < 4.78 is 31.5. The van der Waals surface area contributed by atoms with Gasteiger partial charge in [-0.25, -0.2) is 8.78 Å². The topological polar surface area (TPSA) is 26.3 Å². The Morgan fingerprint density at radius 2 is 2.00 bits per heavy atom. The third kappa shape index (κ3) is 1.71. The van der Waals surface area contributed by atoms with E-state index < -0.39 is 17.2 Å². The molecular weight excluding hydrogens is 202 g/mol. The van der Waals surface area contributed by atoms with E-state index in [2.05, 4.69) is 0 Å². The molecule has 0 aromatic heterocycles. The van der Waals surface area contributed by atoms with Crippen LogP contribution < -0.4 is 4.74 Å². The number of ketones is 1. The monoisotopic (exact) mass is 212 g/mol. The summed E-state index contributed by atoms with van der Waals surface area (Å²) in [5, 5.41) is 0. The summed E-state index contributed by atoms with van der Waals surface area (Å²) in [4.78, 5) is 11.6. The molecule has 2 rings (SSSR count). The van der Waals surface area contributed by atoms with Gasteiger partial charge in [0, 0.05) is 12.1 Å². The second kappa shape index (κ2) is 3.02. The van der Waals surface area contributed by atoms with Gasteiger partial charge < -0.3 is 4.74 Å². The predicted molar refractivity (Wildman–Crippen MR) is 50.0 cm³/mol. The molecule has 1 aromatic rings. The number of carbonyl (C=O) groups is 1. The highest BCUT2D eigenvalue weighted by molar-refractivity contribution is 6.00. The maximum Gasteiger partial charge on any atom is 0.173 e. The molecule has 0 radical (unpaired) electrons. The third-order valence-electron chi connectivity index (χ3n) is 2.27. The molecule has 1 aromatic carbocycles. The van der Waals surface area contributed by atoms with Crippen LogP contribution in [0, 0.1) is 11.6 Å². The fourth-order valence-electron chi connectivity index (χ4n) is 1.71. The Balaban J connectivity index is 2.60. The van der Waals surface area contributed by atoms with E-state index in [1.54, 1.807) is 13.8 Å². The van der Waals surface area contributed by atoms with E-state index in [1.807, 2.05) is 0 Å². The van der Waals surface area contributed by atoms with Crippen LogP contribution in [0.25, 0.3) is 0 Å². The van der Waals surface area contributed by atoms with Gasteiger partial charge in [-0.05, 0) is 13.8 Å². The average Bonchev–Trinajstić information content (AvgIpc) is 1.97. The Kier molecular flexibility index (Phi) is 2.03. The summed E-state index contributed by atoms with van der Waals surface area (Å²) in [6.45, 7) is 3.41. The molecule has 1 heterocycles. The minimum absolute atomic E-state index is 0.00579. The van der Waals surface area contributed by atoms with Crippen molar-refractivity contribution in [2.45, 2.75) is 25.9 Å². The minimum atomic E-state index is -0.856. The van der Waals surface area contributed by atoms with E-state index in [9.17, 15) is 13.6 Å². The maximum atomic E-state index is 13.3. The Bertz CT molecular complexity index is 438. The molecule has 0 bridgehead atoms. The average molecular weight is 212 g/mol. The highest BCUT2D eigenvalue weighted by Gasteiger charge is 2.34. The van der Waals surface area contributed by atoms with Crippen molar-refractivity contribution >= 4 is 5.78 Å². The van der Waals surface area contributed by atoms with Crippen LogP contribution in [-0.2, 0) is 0 Å². The molecule has 0 unspecified atom stereocenters. The lowest BCUT2D eigenvalue weighted by Crippen LogP contribution is -2.36. The van der Waals surface area contributed by atoms with Crippen LogP contribution in [0.2, 0.25) is 0 Å². The van der Waals surface area contributed by atoms with Crippen molar-refractivity contribution in [3.63, 3.8) is 0 Å². The van der Waals surface area contributed by atoms with Crippen molar-refractivity contribution in [2.24, 2.45) is 0 Å². The number of Topliss-reactive ketones (excluding diaryl/α,β-unsaturated/α-hetero) is 1. The summed E-state index contributed by atoms with van der Waals surface area (Å²) >= 11 is 0. The molecule has 0 saturated carbocycles. The number of halogens is 2. The van der Waals surface area contributed by atoms with Crippen molar-refractivity contribution in [1.29, 1.82) is 0 Å². The summed E-state index contributed by atoms with van der Waals surface area (Å²) in [6, 6.07) is 1.73. The lowest BCUT2D eigenvalue weighted by molar-refractivity contribution is 0.0609. The summed E-state index contributed by atoms with van der Waals surface area (Å²) in [5.41, 5.74) is -0.847. The summed E-state index contributed by atoms with van der Waals surface area (Å²) in [6.07, 6.45) is 0.0998. The molecule has 2 nitrogen and oxygen atoms in total. The van der Waals surface area contributed by atoms with Crippen LogP contribution in [0.4, 0.5) is 8.78 Å². The van der Waals surface area contributed by atoms with Gasteiger partial charge in [0.1, 0.15) is 23.0 Å². The van der Waals surface area contributed by atoms with Crippen molar-refractivity contribution in [2.75, 3.05) is 0 Å². The molecule has 0 amide bonds. The van der Waals surface area contributed by atoms with Crippen molar-refractivity contribution < 1.29 is 18.3 Å². The van der Waals surface area contributed by atoms with Crippen molar-refractivity contribution in [1.82, 2.24) is 0 Å². The summed E-state index contributed by atoms with van der Waals surface area (Å²) in [5.74, 6) is -1.95. The van der Waals surface area contributed by atoms with Gasteiger partial charge in [0.05, 0.1) is 12.0 Å². The van der Waals surface area contributed by atoms with Gasteiger partial charge in [0.15, 0.2) is 5.78 Å². The molecule has 0 spiro atoms. The molecule has 0 N–H and O–H groups in total. The largest absolute Gasteiger partial charge is 0.486 e. The van der Waals surface area contributed by atoms with Crippen LogP contribution in [0.3, 0.4) is 0 Å². The Morgan fingerprint density at radius 1 is 1.33 bits per heavy atom. The highest BCUT2D eigenvalue weighted by Crippen LogP contribution is 2.34. The number of rotatable bonds is 0. The first-order valence-corrected chi connectivity index (χ1v) is 4.60. The molecule has 0 saturated heterocycles. The first kappa shape index (κ1) is 10.1. The van der Waals surface area contributed by atoms with Gasteiger partial charge in [-0.2, -0.15) is 0 Å². The van der Waals surface area contributed by atoms with Gasteiger partial charge in [0.25, 0.3) is 0 Å². The molecule has 1 aliphatic heterocycles. The van der Waals surface area contributed by atoms with E-state index in [0.29, 0.717) is 6.07 Å². The molecule has 4 heteroatoms. The van der Waals surface area contributed by atoms with Gasteiger partial charge in [-0.3, -0.25) is 4.79 Å². The number of fused-ring (bicyclic) bond motifs is 1. The number of carbonyl (C=O) groups excluding carboxylic acids is 1. The van der Waals surface area contributed by atoms with Crippen LogP contribution in [0.5, 0.6) is 5.75 Å². The summed E-state index contributed by atoms with van der Waals surface area (Å²) in [7, 11) is 0. The van der Waals surface area contributed by atoms with Crippen LogP contribution in [0.15, 0.2) is 12.1 Å². The Hall–Kier alpha value is -1.45. The first-order chi connectivity index (χ1) is 6.89. The Labute approximate surface area is 85.9 Å². The molecule has 0 aliphatic carbocycles. The van der Waals surface area contributed by atoms with E-state index in [0.717, 1.165) is 6.07 Å². The third-order valence-corrected chi connectivity index (χ3v) is 2.27. The van der Waals surface area contributed by atoms with Gasteiger partial charge in [0.2, 0.25) is 0 Å². The fourth-order valence-corrected chi connectivity index (χ4v) is 1.71. The second-order valence-electron chi connectivity index (χ2n) is 4.22. The van der Waals surface area contributed by atoms with E-state index in [1.165, 1.54) is 0 Å². The smallest absolute Gasteiger partial charge is 0.173 e. The SMILES string of the molecule is CC1(C)CC(=O)c2c(F)cc(F)cc2O1. The predicted octanol–water partition coefficient (Wildman–Crippen LogP) is 2.71. The zero-order valence-electron chi connectivity index (χ0n) is 8.43. The number of ether oxygens (including phenoxy) is 1. The zero-order valence-corrected chi connectivity index (χ0v) is 8.43. The zero-order chi connectivity index (χ0) is 11.2. The molecular formula is C11H10F2O2. The quantitative estimate of drug-likeness (QED) is 0.660. The molecule has 15 heavy (non-hydrogen) atoms. The maximum absolute atomic E-state index is 13.3. The van der Waals surface area contributed by atoms with Crippen LogP contribution in [-0.4, -0.2) is 11.4 Å². The molecule has 80 valence electrons. The van der Waals surface area contributed by atoms with Crippen LogP contribution >= 0.6 is 0 Å². The number of benzene rings is 1. The number of hydrogen-bond acceptors (Lipinski definition) is 2. The highest BCUT2D eigenvalue weighted by atomic mass is 19.1. The Morgan fingerprint density at radius 3 is 2.67 bits per heavy atom. The molecule has 1 aliphatic rings. The molecule has 0 fully saturated rings. The standard InChI is InChI=1S/C11H10F2O2/c1-11(2)5-8(14)10-7(13)3-6(12)4-9(10)15-11/h3-4H,5H2,1-2H3. The normalized spacial score (nSPS) is 18.3. The fraction of sp³-hybridized carbons (Fsp3) is 0.364. The second-order valence-corrected chi connectivity index (χ2v) is 4.22. The lowest BCUT2D eigenvalue weighted by atomic mass is 9.93. The van der Waals surface area contributed by atoms with Gasteiger partial charge in [-0.1, -0.05) is 0 Å². The van der Waals surface area contributed by atoms with Gasteiger partial charge >= 0.3 is 0 Å².